The summed E-state index contributed by atoms with van der Waals surface area (Å²) >= 11 is 0. The molecule has 0 saturated carbocycles. The van der Waals surface area contributed by atoms with Crippen LogP contribution in [0.25, 0.3) is 76.1 Å². The Bertz CT molecular complexity index is 2900. The molecule has 0 fully saturated rings. The van der Waals surface area contributed by atoms with Crippen molar-refractivity contribution in [2.45, 2.75) is 0 Å². The summed E-state index contributed by atoms with van der Waals surface area (Å²) in [6.45, 7) is 0. The van der Waals surface area contributed by atoms with E-state index >= 15 is 0 Å². The zero-order valence-electron chi connectivity index (χ0n) is 28.0. The first kappa shape index (κ1) is 29.2. The highest BCUT2D eigenvalue weighted by Gasteiger charge is 2.15. The lowest BCUT2D eigenvalue weighted by molar-refractivity contribution is 1.29. The van der Waals surface area contributed by atoms with Crippen molar-refractivity contribution in [1.82, 2.24) is 0 Å². The summed E-state index contributed by atoms with van der Waals surface area (Å²) in [4.78, 5) is 2.37. The maximum Gasteiger partial charge on any atom is 0.0468 e. The summed E-state index contributed by atoms with van der Waals surface area (Å²) in [5, 5.41) is 12.6. The molecule has 0 aliphatic rings. The molecule has 0 spiro atoms. The number of hydrogen-bond acceptors (Lipinski definition) is 1. The highest BCUT2D eigenvalue weighted by atomic mass is 15.1. The summed E-state index contributed by atoms with van der Waals surface area (Å²) in [5.74, 6) is 0. The fourth-order valence-corrected chi connectivity index (χ4v) is 7.76. The third-order valence-corrected chi connectivity index (χ3v) is 10.4. The molecule has 1 nitrogen and oxygen atoms in total. The van der Waals surface area contributed by atoms with Gasteiger partial charge in [-0.25, -0.2) is 0 Å². The zero-order chi connectivity index (χ0) is 33.7. The number of nitrogens with zero attached hydrogens (tertiary/aromatic N) is 1. The summed E-state index contributed by atoms with van der Waals surface area (Å²) in [7, 11) is 0. The average Bonchev–Trinajstić information content (AvgIpc) is 3.20. The Balaban J connectivity index is 1.08. The van der Waals surface area contributed by atoms with E-state index in [9.17, 15) is 0 Å². The third-order valence-electron chi connectivity index (χ3n) is 10.4. The Labute approximate surface area is 297 Å². The van der Waals surface area contributed by atoms with Crippen LogP contribution in [0.5, 0.6) is 0 Å². The third kappa shape index (κ3) is 5.19. The fourth-order valence-electron chi connectivity index (χ4n) is 7.76. The van der Waals surface area contributed by atoms with Crippen LogP contribution in [-0.2, 0) is 0 Å². The normalized spacial score (nSPS) is 11.5. The minimum absolute atomic E-state index is 1.12. The monoisotopic (exact) mass is 647 g/mol. The predicted octanol–water partition coefficient (Wildman–Crippen LogP) is 14.3. The first-order valence-corrected chi connectivity index (χ1v) is 17.6. The molecule has 0 N–H and O–H groups in total. The van der Waals surface area contributed by atoms with Gasteiger partial charge in [-0.2, -0.15) is 0 Å². The second kappa shape index (κ2) is 12.0. The molecule has 0 aliphatic heterocycles. The van der Waals surface area contributed by atoms with Gasteiger partial charge in [-0.05, 0) is 125 Å². The zero-order valence-corrected chi connectivity index (χ0v) is 28.0. The Kier molecular flexibility index (Phi) is 6.89. The number of benzene rings is 10. The molecule has 0 saturated heterocycles. The molecule has 0 unspecified atom stereocenters. The van der Waals surface area contributed by atoms with E-state index in [0.29, 0.717) is 0 Å². The number of hydrogen-bond donors (Lipinski definition) is 0. The number of anilines is 3. The van der Waals surface area contributed by atoms with Gasteiger partial charge in [-0.1, -0.05) is 152 Å². The molecule has 0 atom stereocenters. The van der Waals surface area contributed by atoms with Crippen LogP contribution in [0, 0.1) is 0 Å². The maximum atomic E-state index is 2.37. The molecular formula is C50H33N. The van der Waals surface area contributed by atoms with Crippen molar-refractivity contribution in [3.05, 3.63) is 200 Å². The molecule has 1 heteroatoms. The summed E-state index contributed by atoms with van der Waals surface area (Å²) in [6, 6.07) is 73.1. The van der Waals surface area contributed by atoms with E-state index in [-0.39, 0.29) is 0 Å². The molecule has 0 heterocycles. The Morgan fingerprint density at radius 3 is 1.49 bits per heavy atom. The van der Waals surface area contributed by atoms with Crippen LogP contribution in [0.1, 0.15) is 0 Å². The molecule has 0 bridgehead atoms. The van der Waals surface area contributed by atoms with E-state index in [4.69, 9.17) is 0 Å². The SMILES string of the molecule is c1ccc(-c2ccc(N(c3ccc4ccccc4c3)c3ccc4ccc(-c5ccc6c(ccc7ccc8ccccc8c76)c5)cc4c3)cc2)cc1. The van der Waals surface area contributed by atoms with Crippen LogP contribution >= 0.6 is 0 Å². The van der Waals surface area contributed by atoms with E-state index in [1.807, 2.05) is 0 Å². The molecule has 10 aromatic rings. The fraction of sp³-hybridized carbons (Fsp3) is 0. The summed E-state index contributed by atoms with van der Waals surface area (Å²) in [5.41, 5.74) is 8.23. The van der Waals surface area contributed by atoms with Crippen molar-refractivity contribution >= 4 is 70.9 Å². The van der Waals surface area contributed by atoms with Crippen molar-refractivity contribution in [1.29, 1.82) is 0 Å². The smallest absolute Gasteiger partial charge is 0.0468 e. The molecule has 0 radical (unpaired) electrons. The minimum Gasteiger partial charge on any atom is -0.310 e. The van der Waals surface area contributed by atoms with Gasteiger partial charge < -0.3 is 4.90 Å². The van der Waals surface area contributed by atoms with Crippen molar-refractivity contribution in [3.63, 3.8) is 0 Å². The van der Waals surface area contributed by atoms with Gasteiger partial charge in [0.15, 0.2) is 0 Å². The summed E-state index contributed by atoms with van der Waals surface area (Å²) in [6.07, 6.45) is 0. The number of fused-ring (bicyclic) bond motifs is 7. The Hall–Kier alpha value is -6.70. The molecule has 238 valence electrons. The minimum atomic E-state index is 1.12. The van der Waals surface area contributed by atoms with E-state index in [1.54, 1.807) is 0 Å². The molecule has 0 amide bonds. The van der Waals surface area contributed by atoms with Crippen molar-refractivity contribution in [2.75, 3.05) is 4.90 Å². The molecule has 10 aromatic carbocycles. The molecule has 10 rings (SSSR count). The maximum absolute atomic E-state index is 2.37. The van der Waals surface area contributed by atoms with Gasteiger partial charge >= 0.3 is 0 Å². The quantitative estimate of drug-likeness (QED) is 0.168. The lowest BCUT2D eigenvalue weighted by Gasteiger charge is -2.26. The molecular weight excluding hydrogens is 615 g/mol. The van der Waals surface area contributed by atoms with Gasteiger partial charge in [-0.15, -0.1) is 0 Å². The highest BCUT2D eigenvalue weighted by molar-refractivity contribution is 6.20. The van der Waals surface area contributed by atoms with Crippen molar-refractivity contribution in [3.8, 4) is 22.3 Å². The molecule has 0 aromatic heterocycles. The topological polar surface area (TPSA) is 3.24 Å². The molecule has 51 heavy (non-hydrogen) atoms. The second-order valence-corrected chi connectivity index (χ2v) is 13.4. The van der Waals surface area contributed by atoms with Gasteiger partial charge in [0.2, 0.25) is 0 Å². The van der Waals surface area contributed by atoms with E-state index < -0.39 is 0 Å². The van der Waals surface area contributed by atoms with E-state index in [0.717, 1.165) is 17.1 Å². The Morgan fingerprint density at radius 1 is 0.235 bits per heavy atom. The first-order valence-electron chi connectivity index (χ1n) is 17.6. The van der Waals surface area contributed by atoms with Crippen LogP contribution < -0.4 is 4.90 Å². The van der Waals surface area contributed by atoms with Crippen molar-refractivity contribution < 1.29 is 0 Å². The first-order chi connectivity index (χ1) is 25.2. The average molecular weight is 648 g/mol. The van der Waals surface area contributed by atoms with Gasteiger partial charge in [-0.3, -0.25) is 0 Å². The van der Waals surface area contributed by atoms with Crippen LogP contribution in [0.15, 0.2) is 200 Å². The van der Waals surface area contributed by atoms with Crippen LogP contribution in [0.4, 0.5) is 17.1 Å². The van der Waals surface area contributed by atoms with Gasteiger partial charge in [0.05, 0.1) is 0 Å². The van der Waals surface area contributed by atoms with E-state index in [1.165, 1.54) is 76.1 Å². The van der Waals surface area contributed by atoms with Gasteiger partial charge in [0, 0.05) is 17.1 Å². The largest absolute Gasteiger partial charge is 0.310 e. The van der Waals surface area contributed by atoms with Gasteiger partial charge in [0.1, 0.15) is 0 Å². The Morgan fingerprint density at radius 2 is 0.706 bits per heavy atom. The lowest BCUT2D eigenvalue weighted by Crippen LogP contribution is -2.09. The number of rotatable bonds is 5. The molecule has 0 aliphatic carbocycles. The summed E-state index contributed by atoms with van der Waals surface area (Å²) < 4.78 is 0. The lowest BCUT2D eigenvalue weighted by atomic mass is 9.93. The predicted molar refractivity (Wildman–Crippen MR) is 220 cm³/mol. The van der Waals surface area contributed by atoms with Crippen LogP contribution in [0.3, 0.4) is 0 Å². The van der Waals surface area contributed by atoms with Crippen molar-refractivity contribution in [2.24, 2.45) is 0 Å². The van der Waals surface area contributed by atoms with Gasteiger partial charge in [0.25, 0.3) is 0 Å². The van der Waals surface area contributed by atoms with Crippen LogP contribution in [0.2, 0.25) is 0 Å². The highest BCUT2D eigenvalue weighted by Crippen LogP contribution is 2.40. The van der Waals surface area contributed by atoms with E-state index in [2.05, 4.69) is 205 Å². The standard InChI is InChI=1S/C50H33N/c1-2-8-34(9-3-1)36-20-25-45(26-21-36)51(46-27-22-35-10-4-5-12-40(35)32-46)47-28-23-37-14-18-41(31-44(37)33-47)42-24-29-49-43(30-42)19-17-39-16-15-38-11-6-7-13-48(38)50(39)49/h1-33H. The van der Waals surface area contributed by atoms with Crippen LogP contribution in [-0.4, -0.2) is 0 Å². The second-order valence-electron chi connectivity index (χ2n) is 13.4.